The number of anilines is 5. The lowest BCUT2D eigenvalue weighted by Gasteiger charge is -2.42. The maximum Gasteiger partial charge on any atom is 0.408 e. The van der Waals surface area contributed by atoms with Gasteiger partial charge in [-0.2, -0.15) is 18.2 Å². The van der Waals surface area contributed by atoms with Crippen LogP contribution in [0.1, 0.15) is 38.2 Å². The molecule has 2 heterocycles. The summed E-state index contributed by atoms with van der Waals surface area (Å²) in [6.07, 6.45) is 1.15. The Morgan fingerprint density at radius 1 is 1.21 bits per heavy atom. The molecule has 0 saturated heterocycles. The summed E-state index contributed by atoms with van der Waals surface area (Å²) in [6.45, 7) is 5.71. The van der Waals surface area contributed by atoms with E-state index in [1.807, 2.05) is 30.9 Å². The van der Waals surface area contributed by atoms with E-state index in [0.717, 1.165) is 31.2 Å². The number of hydrogen-bond acceptors (Lipinski definition) is 8. The normalized spacial score (nSPS) is 16.3. The molecule has 0 unspecified atom stereocenters. The van der Waals surface area contributed by atoms with Gasteiger partial charge in [0.25, 0.3) is 0 Å². The van der Waals surface area contributed by atoms with Crippen molar-refractivity contribution in [1.29, 1.82) is 0 Å². The average Bonchev–Trinajstić information content (AvgIpc) is 3.49. The molecule has 2 aromatic rings. The highest BCUT2D eigenvalue weighted by Crippen LogP contribution is 2.40. The zero-order valence-electron chi connectivity index (χ0n) is 25.2. The molecule has 43 heavy (non-hydrogen) atoms. The highest BCUT2D eigenvalue weighted by Gasteiger charge is 2.47. The van der Waals surface area contributed by atoms with Gasteiger partial charge in [0.1, 0.15) is 17.6 Å². The third-order valence-electron chi connectivity index (χ3n) is 7.79. The lowest BCUT2D eigenvalue weighted by molar-refractivity contribution is -0.172. The van der Waals surface area contributed by atoms with Gasteiger partial charge in [0.15, 0.2) is 0 Å². The van der Waals surface area contributed by atoms with E-state index < -0.39 is 24.2 Å². The van der Waals surface area contributed by atoms with Gasteiger partial charge in [-0.3, -0.25) is 9.69 Å². The van der Waals surface area contributed by atoms with Crippen molar-refractivity contribution in [2.75, 3.05) is 61.8 Å². The number of carbonyl (C=O) groups excluding carboxylic acids is 2. The van der Waals surface area contributed by atoms with Crippen molar-refractivity contribution < 1.29 is 27.5 Å². The van der Waals surface area contributed by atoms with Gasteiger partial charge in [-0.25, -0.2) is 9.78 Å². The number of rotatable bonds is 11. The number of aromatic nitrogens is 2. The number of alkyl halides is 3. The number of nitrogens with zero attached hydrogens (tertiary/aromatic N) is 6. The number of fused-ring (bicyclic) bond motifs is 1. The second kappa shape index (κ2) is 13.1. The minimum Gasteiger partial charge on any atom is -0.494 e. The smallest absolute Gasteiger partial charge is 0.408 e. The molecule has 14 heteroatoms. The summed E-state index contributed by atoms with van der Waals surface area (Å²) in [7, 11) is 7.35. The van der Waals surface area contributed by atoms with Crippen LogP contribution in [0.3, 0.4) is 0 Å². The lowest BCUT2D eigenvalue weighted by Crippen LogP contribution is -2.57. The number of amides is 3. The van der Waals surface area contributed by atoms with Crippen LogP contribution in [0.4, 0.5) is 46.8 Å². The summed E-state index contributed by atoms with van der Waals surface area (Å²) < 4.78 is 46.6. The molecule has 234 valence electrons. The lowest BCUT2D eigenvalue weighted by atomic mass is 10.1. The molecular formula is C29H39F3N8O3. The Labute approximate surface area is 249 Å². The number of urea groups is 1. The van der Waals surface area contributed by atoms with Gasteiger partial charge in [0.2, 0.25) is 11.9 Å². The molecular weight excluding hydrogens is 565 g/mol. The summed E-state index contributed by atoms with van der Waals surface area (Å²) >= 11 is 0. The van der Waals surface area contributed by atoms with Crippen molar-refractivity contribution in [3.8, 4) is 5.75 Å². The van der Waals surface area contributed by atoms with Gasteiger partial charge in [-0.15, -0.1) is 0 Å². The Kier molecular flexibility index (Phi) is 9.68. The van der Waals surface area contributed by atoms with Gasteiger partial charge >= 0.3 is 12.2 Å². The van der Waals surface area contributed by atoms with Crippen LogP contribution in [0.15, 0.2) is 31.0 Å². The topological polar surface area (TPSA) is 106 Å². The van der Waals surface area contributed by atoms with Crippen LogP contribution in [0.25, 0.3) is 0 Å². The van der Waals surface area contributed by atoms with E-state index in [1.165, 1.54) is 24.3 Å². The second-order valence-corrected chi connectivity index (χ2v) is 11.1. The predicted octanol–water partition coefficient (Wildman–Crippen LogP) is 4.99. The second-order valence-electron chi connectivity index (χ2n) is 11.1. The first kappa shape index (κ1) is 31.9. The summed E-state index contributed by atoms with van der Waals surface area (Å²) in [5.41, 5.74) is 2.07. The molecule has 0 bridgehead atoms. The predicted molar refractivity (Wildman–Crippen MR) is 160 cm³/mol. The van der Waals surface area contributed by atoms with E-state index in [2.05, 4.69) is 27.2 Å². The number of nitrogens with one attached hydrogen (secondary N) is 2. The van der Waals surface area contributed by atoms with Gasteiger partial charge < -0.3 is 30.1 Å². The Hall–Kier alpha value is -4.07. The fourth-order valence-corrected chi connectivity index (χ4v) is 5.26. The van der Waals surface area contributed by atoms with Gasteiger partial charge in [-0.05, 0) is 46.0 Å². The highest BCUT2D eigenvalue weighted by molar-refractivity contribution is 6.02. The zero-order chi connectivity index (χ0) is 31.5. The van der Waals surface area contributed by atoms with Crippen LogP contribution < -0.4 is 25.2 Å². The average molecular weight is 605 g/mol. The van der Waals surface area contributed by atoms with E-state index in [1.54, 1.807) is 12.1 Å². The summed E-state index contributed by atoms with van der Waals surface area (Å²) in [6, 6.07) is 0.532. The van der Waals surface area contributed by atoms with Gasteiger partial charge in [0, 0.05) is 44.0 Å². The minimum absolute atomic E-state index is 0.125. The molecule has 2 N–H and O–H groups in total. The largest absolute Gasteiger partial charge is 0.494 e. The molecule has 1 aromatic carbocycles. The Morgan fingerprint density at radius 2 is 1.91 bits per heavy atom. The number of ether oxygens (including phenoxy) is 1. The fraction of sp³-hybridized carbons (Fsp3) is 0.517. The highest BCUT2D eigenvalue weighted by atomic mass is 19.4. The molecule has 2 aliphatic rings. The van der Waals surface area contributed by atoms with Crippen LogP contribution >= 0.6 is 0 Å². The molecule has 4 rings (SSSR count). The van der Waals surface area contributed by atoms with E-state index in [4.69, 9.17) is 4.74 Å². The first-order chi connectivity index (χ1) is 20.3. The molecule has 1 atom stereocenters. The van der Waals surface area contributed by atoms with Crippen molar-refractivity contribution in [3.63, 3.8) is 0 Å². The SMILES string of the molecule is C=CC(=O)Nc1cc(Nc2ncc3c(n2)N(C2CCCC2)C(=O)N([C@@H](C)C(F)(F)F)C3)c(OC)cc1N(C)CCN(C)C. The zero-order valence-corrected chi connectivity index (χ0v) is 25.2. The summed E-state index contributed by atoms with van der Waals surface area (Å²) in [5.74, 6) is 0.462. The number of carbonyl (C=O) groups is 2. The van der Waals surface area contributed by atoms with Crippen molar-refractivity contribution in [2.45, 2.75) is 57.4 Å². The molecule has 1 aromatic heterocycles. The van der Waals surface area contributed by atoms with Crippen LogP contribution in [0, 0.1) is 0 Å². The summed E-state index contributed by atoms with van der Waals surface area (Å²) in [4.78, 5) is 41.1. The van der Waals surface area contributed by atoms with Crippen molar-refractivity contribution in [1.82, 2.24) is 19.8 Å². The number of benzene rings is 1. The molecule has 11 nitrogen and oxygen atoms in total. The number of likely N-dealkylation sites (N-methyl/N-ethyl adjacent to an activating group) is 2. The van der Waals surface area contributed by atoms with Crippen LogP contribution in [-0.4, -0.2) is 91.3 Å². The Morgan fingerprint density at radius 3 is 2.51 bits per heavy atom. The Bertz CT molecular complexity index is 1350. The Balaban J connectivity index is 1.72. The minimum atomic E-state index is -4.57. The van der Waals surface area contributed by atoms with Crippen molar-refractivity contribution in [3.05, 3.63) is 36.5 Å². The summed E-state index contributed by atoms with van der Waals surface area (Å²) in [5, 5.41) is 5.96. The quantitative estimate of drug-likeness (QED) is 0.346. The van der Waals surface area contributed by atoms with E-state index in [-0.39, 0.29) is 18.5 Å². The molecule has 0 radical (unpaired) electrons. The maximum absolute atomic E-state index is 13.7. The van der Waals surface area contributed by atoms with Gasteiger partial charge in [-0.1, -0.05) is 19.4 Å². The van der Waals surface area contributed by atoms with Crippen LogP contribution in [-0.2, 0) is 11.3 Å². The first-order valence-corrected chi connectivity index (χ1v) is 14.1. The van der Waals surface area contributed by atoms with Crippen molar-refractivity contribution >= 4 is 40.8 Å². The maximum atomic E-state index is 13.7. The van der Waals surface area contributed by atoms with Gasteiger partial charge in [0.05, 0.1) is 30.7 Å². The van der Waals surface area contributed by atoms with E-state index in [9.17, 15) is 22.8 Å². The van der Waals surface area contributed by atoms with Crippen molar-refractivity contribution in [2.24, 2.45) is 0 Å². The van der Waals surface area contributed by atoms with Crippen LogP contribution in [0.5, 0.6) is 5.75 Å². The monoisotopic (exact) mass is 604 g/mol. The number of halogens is 3. The first-order valence-electron chi connectivity index (χ1n) is 14.1. The molecule has 1 aliphatic heterocycles. The fourth-order valence-electron chi connectivity index (χ4n) is 5.26. The van der Waals surface area contributed by atoms with Crippen LogP contribution in [0.2, 0.25) is 0 Å². The molecule has 1 saturated carbocycles. The van der Waals surface area contributed by atoms with E-state index >= 15 is 0 Å². The standard InChI is InChI=1S/C29H39F3N8O3/c1-7-25(41)34-21-14-22(24(43-6)15-23(21)38(5)13-12-37(3)4)35-27-33-16-19-17-39(18(2)29(30,31)32)28(42)40(26(19)36-27)20-10-8-9-11-20/h7,14-16,18,20H,1,8-13,17H2,2-6H3,(H,34,41)(H,33,35,36)/t18-/m0/s1. The number of hydrogen-bond donors (Lipinski definition) is 2. The van der Waals surface area contributed by atoms with E-state index in [0.29, 0.717) is 53.6 Å². The number of methoxy groups -OCH3 is 1. The third kappa shape index (κ3) is 7.12. The molecule has 0 spiro atoms. The molecule has 1 aliphatic carbocycles. The molecule has 1 fully saturated rings. The molecule has 3 amide bonds. The third-order valence-corrected chi connectivity index (χ3v) is 7.79.